The monoisotopic (exact) mass is 262 g/mol. The zero-order valence-electron chi connectivity index (χ0n) is 11.0. The van der Waals surface area contributed by atoms with Gasteiger partial charge >= 0.3 is 5.69 Å². The van der Waals surface area contributed by atoms with E-state index in [2.05, 4.69) is 32.3 Å². The topological polar surface area (TPSA) is 78.3 Å². The van der Waals surface area contributed by atoms with Crippen LogP contribution >= 0.6 is 0 Å². The van der Waals surface area contributed by atoms with Crippen LogP contribution in [-0.4, -0.2) is 45.3 Å². The average Bonchev–Trinajstić information content (AvgIpc) is 2.82. The molecule has 3 rings (SSSR count). The molecule has 0 bridgehead atoms. The fourth-order valence-corrected chi connectivity index (χ4v) is 2.66. The van der Waals surface area contributed by atoms with Gasteiger partial charge in [0.2, 0.25) is 0 Å². The lowest BCUT2D eigenvalue weighted by atomic mass is 10.1. The fourth-order valence-electron chi connectivity index (χ4n) is 2.66. The van der Waals surface area contributed by atoms with Crippen LogP contribution in [0.5, 0.6) is 0 Å². The molecule has 1 fully saturated rings. The van der Waals surface area contributed by atoms with Gasteiger partial charge in [-0.1, -0.05) is 0 Å². The summed E-state index contributed by atoms with van der Waals surface area (Å²) in [5.74, 6) is 0.878. The lowest BCUT2D eigenvalue weighted by Crippen LogP contribution is -2.46. The smallest absolute Gasteiger partial charge is 0.348 e. The van der Waals surface area contributed by atoms with Crippen LogP contribution in [0, 0.1) is 0 Å². The standard InChI is InChI=1S/C12H18N6O/c1-2-17(9-4-3-5-13-7-9)10-6-11-15-16-12(19)18(11)8-14-10/h6,8-9,13H,2-5,7H2,1H3,(H,16,19). The van der Waals surface area contributed by atoms with E-state index >= 15 is 0 Å². The molecular formula is C12H18N6O. The zero-order chi connectivity index (χ0) is 13.2. The van der Waals surface area contributed by atoms with Crippen molar-refractivity contribution in [2.24, 2.45) is 0 Å². The molecule has 2 aromatic heterocycles. The molecular weight excluding hydrogens is 244 g/mol. The summed E-state index contributed by atoms with van der Waals surface area (Å²) in [6, 6.07) is 2.31. The highest BCUT2D eigenvalue weighted by atomic mass is 16.1. The first-order valence-electron chi connectivity index (χ1n) is 6.69. The highest BCUT2D eigenvalue weighted by Crippen LogP contribution is 2.18. The molecule has 0 saturated carbocycles. The minimum atomic E-state index is -0.253. The molecule has 1 atom stereocenters. The Kier molecular flexibility index (Phi) is 3.20. The zero-order valence-corrected chi connectivity index (χ0v) is 11.0. The number of fused-ring (bicyclic) bond motifs is 1. The van der Waals surface area contributed by atoms with E-state index < -0.39 is 0 Å². The Morgan fingerprint density at radius 2 is 2.47 bits per heavy atom. The van der Waals surface area contributed by atoms with Crippen LogP contribution in [0.15, 0.2) is 17.2 Å². The van der Waals surface area contributed by atoms with Crippen molar-refractivity contribution in [2.45, 2.75) is 25.8 Å². The van der Waals surface area contributed by atoms with Gasteiger partial charge in [0.15, 0.2) is 5.65 Å². The van der Waals surface area contributed by atoms with Crippen molar-refractivity contribution >= 4 is 11.5 Å². The number of piperidine rings is 1. The predicted molar refractivity (Wildman–Crippen MR) is 72.5 cm³/mol. The molecule has 0 radical (unpaired) electrons. The van der Waals surface area contributed by atoms with Gasteiger partial charge in [-0.25, -0.2) is 19.3 Å². The minimum Gasteiger partial charge on any atom is -0.352 e. The van der Waals surface area contributed by atoms with Crippen molar-refractivity contribution in [2.75, 3.05) is 24.5 Å². The Labute approximate surface area is 110 Å². The maximum Gasteiger partial charge on any atom is 0.348 e. The summed E-state index contributed by atoms with van der Waals surface area (Å²) in [5, 5.41) is 9.82. The maximum absolute atomic E-state index is 11.4. The number of aromatic amines is 1. The maximum atomic E-state index is 11.4. The molecule has 7 nitrogen and oxygen atoms in total. The Bertz CT molecular complexity index is 612. The molecule has 2 N–H and O–H groups in total. The number of aromatic nitrogens is 4. The van der Waals surface area contributed by atoms with Crippen LogP contribution in [0.4, 0.5) is 5.82 Å². The van der Waals surface area contributed by atoms with E-state index in [1.54, 1.807) is 0 Å². The first-order valence-corrected chi connectivity index (χ1v) is 6.69. The minimum absolute atomic E-state index is 0.253. The van der Waals surface area contributed by atoms with Gasteiger partial charge in [0, 0.05) is 25.2 Å². The predicted octanol–water partition coefficient (Wildman–Crippen LogP) is -0.00410. The SMILES string of the molecule is CCN(c1cc2n[nH]c(=O)n2cn1)C1CCCNC1. The van der Waals surface area contributed by atoms with Gasteiger partial charge in [-0.2, -0.15) is 5.10 Å². The molecule has 2 aromatic rings. The molecule has 1 aliphatic heterocycles. The van der Waals surface area contributed by atoms with Gasteiger partial charge in [0.25, 0.3) is 0 Å². The summed E-state index contributed by atoms with van der Waals surface area (Å²) >= 11 is 0. The lowest BCUT2D eigenvalue weighted by Gasteiger charge is -2.34. The van der Waals surface area contributed by atoms with Gasteiger partial charge in [-0.15, -0.1) is 0 Å². The second kappa shape index (κ2) is 5.00. The number of anilines is 1. The number of rotatable bonds is 3. The molecule has 102 valence electrons. The largest absolute Gasteiger partial charge is 0.352 e. The highest BCUT2D eigenvalue weighted by molar-refractivity contribution is 5.50. The van der Waals surface area contributed by atoms with E-state index in [-0.39, 0.29) is 5.69 Å². The number of H-pyrrole nitrogens is 1. The first-order chi connectivity index (χ1) is 9.29. The van der Waals surface area contributed by atoms with E-state index in [4.69, 9.17) is 0 Å². The van der Waals surface area contributed by atoms with Crippen LogP contribution in [-0.2, 0) is 0 Å². The Morgan fingerprint density at radius 3 is 3.21 bits per heavy atom. The van der Waals surface area contributed by atoms with Crippen LogP contribution in [0.25, 0.3) is 5.65 Å². The van der Waals surface area contributed by atoms with Gasteiger partial charge in [0.1, 0.15) is 12.1 Å². The molecule has 1 aliphatic rings. The third kappa shape index (κ3) is 2.21. The molecule has 7 heteroatoms. The molecule has 3 heterocycles. The number of nitrogens with zero attached hydrogens (tertiary/aromatic N) is 4. The van der Waals surface area contributed by atoms with E-state index in [0.29, 0.717) is 11.7 Å². The normalized spacial score (nSPS) is 19.7. The summed E-state index contributed by atoms with van der Waals surface area (Å²) in [5.41, 5.74) is 0.355. The number of hydrogen-bond acceptors (Lipinski definition) is 5. The lowest BCUT2D eigenvalue weighted by molar-refractivity contribution is 0.433. The molecule has 0 aliphatic carbocycles. The van der Waals surface area contributed by atoms with E-state index in [1.807, 2.05) is 6.07 Å². The Balaban J connectivity index is 1.93. The Hall–Kier alpha value is -1.89. The van der Waals surface area contributed by atoms with Crippen molar-refractivity contribution < 1.29 is 0 Å². The quantitative estimate of drug-likeness (QED) is 0.814. The number of likely N-dealkylation sites (N-methyl/N-ethyl adjacent to an activating group) is 1. The number of hydrogen-bond donors (Lipinski definition) is 2. The molecule has 19 heavy (non-hydrogen) atoms. The van der Waals surface area contributed by atoms with Crippen molar-refractivity contribution in [3.63, 3.8) is 0 Å². The fraction of sp³-hybridized carbons (Fsp3) is 0.583. The summed E-state index contributed by atoms with van der Waals surface area (Å²) in [7, 11) is 0. The van der Waals surface area contributed by atoms with Gasteiger partial charge < -0.3 is 10.2 Å². The first kappa shape index (κ1) is 12.2. The van der Waals surface area contributed by atoms with Crippen LogP contribution < -0.4 is 15.9 Å². The van der Waals surface area contributed by atoms with Crippen molar-refractivity contribution in [3.8, 4) is 0 Å². The summed E-state index contributed by atoms with van der Waals surface area (Å²) in [4.78, 5) is 18.1. The van der Waals surface area contributed by atoms with Crippen LogP contribution in [0.3, 0.4) is 0 Å². The second-order valence-electron chi connectivity index (χ2n) is 4.79. The second-order valence-corrected chi connectivity index (χ2v) is 4.79. The summed E-state index contributed by atoms with van der Waals surface area (Å²) in [6.07, 6.45) is 3.89. The highest BCUT2D eigenvalue weighted by Gasteiger charge is 2.21. The average molecular weight is 262 g/mol. The van der Waals surface area contributed by atoms with Crippen LogP contribution in [0.2, 0.25) is 0 Å². The molecule has 1 unspecified atom stereocenters. The van der Waals surface area contributed by atoms with Gasteiger partial charge in [0.05, 0.1) is 0 Å². The summed E-state index contributed by atoms with van der Waals surface area (Å²) < 4.78 is 1.41. The molecule has 0 aromatic carbocycles. The van der Waals surface area contributed by atoms with Crippen LogP contribution in [0.1, 0.15) is 19.8 Å². The summed E-state index contributed by atoms with van der Waals surface area (Å²) in [6.45, 7) is 5.09. The molecule has 0 amide bonds. The molecule has 0 spiro atoms. The van der Waals surface area contributed by atoms with Crippen molar-refractivity contribution in [1.82, 2.24) is 24.9 Å². The van der Waals surface area contributed by atoms with E-state index in [9.17, 15) is 4.79 Å². The third-order valence-corrected chi connectivity index (χ3v) is 3.64. The van der Waals surface area contributed by atoms with Crippen molar-refractivity contribution in [3.05, 3.63) is 22.9 Å². The Morgan fingerprint density at radius 1 is 1.58 bits per heavy atom. The van der Waals surface area contributed by atoms with E-state index in [1.165, 1.54) is 23.6 Å². The van der Waals surface area contributed by atoms with Gasteiger partial charge in [-0.3, -0.25) is 0 Å². The van der Waals surface area contributed by atoms with Crippen molar-refractivity contribution in [1.29, 1.82) is 0 Å². The molecule has 1 saturated heterocycles. The third-order valence-electron chi connectivity index (χ3n) is 3.64. The van der Waals surface area contributed by atoms with E-state index in [0.717, 1.165) is 25.5 Å². The van der Waals surface area contributed by atoms with Gasteiger partial charge in [-0.05, 0) is 26.3 Å². The number of nitrogens with one attached hydrogen (secondary N) is 2.